The number of amidine groups is 1. The molecular weight excluding hydrogens is 131 g/mol. The molecule has 0 aliphatic heterocycles. The minimum atomic E-state index is -1.73. The Morgan fingerprint density at radius 2 is 2.30 bits per heavy atom. The summed E-state index contributed by atoms with van der Waals surface area (Å²) in [5.41, 5.74) is 3.30. The van der Waals surface area contributed by atoms with E-state index in [9.17, 15) is 4.39 Å². The van der Waals surface area contributed by atoms with E-state index >= 15 is 0 Å². The van der Waals surface area contributed by atoms with E-state index in [0.717, 1.165) is 0 Å². The Morgan fingerprint density at radius 3 is 2.60 bits per heavy atom. The minimum absolute atomic E-state index is 0.179. The molecule has 54 valence electrons. The fourth-order valence-corrected chi connectivity index (χ4v) is 0.794. The van der Waals surface area contributed by atoms with Gasteiger partial charge in [0.2, 0.25) is 0 Å². The lowest BCUT2D eigenvalue weighted by Crippen LogP contribution is -2.37. The second kappa shape index (κ2) is 2.25. The van der Waals surface area contributed by atoms with E-state index in [1.165, 1.54) is 6.08 Å². The van der Waals surface area contributed by atoms with E-state index in [2.05, 4.69) is 0 Å². The van der Waals surface area contributed by atoms with E-state index in [1.807, 2.05) is 0 Å². The van der Waals surface area contributed by atoms with Gasteiger partial charge in [-0.1, -0.05) is 18.2 Å². The molecular formula is C7H9FN2. The number of nitrogens with two attached hydrogens (primary N) is 1. The molecule has 3 heteroatoms. The molecule has 1 atom stereocenters. The van der Waals surface area contributed by atoms with E-state index in [-0.39, 0.29) is 6.42 Å². The van der Waals surface area contributed by atoms with Gasteiger partial charge in [0.05, 0.1) is 0 Å². The SMILES string of the molecule is N=C(N)C1(F)C=CC=CC1. The Hall–Kier alpha value is -1.12. The van der Waals surface area contributed by atoms with Gasteiger partial charge in [-0.25, -0.2) is 4.39 Å². The van der Waals surface area contributed by atoms with Crippen molar-refractivity contribution in [2.75, 3.05) is 0 Å². The summed E-state index contributed by atoms with van der Waals surface area (Å²) in [5, 5.41) is 6.90. The molecule has 1 aliphatic rings. The predicted molar refractivity (Wildman–Crippen MR) is 38.7 cm³/mol. The van der Waals surface area contributed by atoms with E-state index in [0.29, 0.717) is 0 Å². The normalized spacial score (nSPS) is 30.5. The number of alkyl halides is 1. The average molecular weight is 140 g/mol. The van der Waals surface area contributed by atoms with Crippen LogP contribution >= 0.6 is 0 Å². The van der Waals surface area contributed by atoms with E-state index in [1.54, 1.807) is 18.2 Å². The van der Waals surface area contributed by atoms with Crippen LogP contribution in [0.25, 0.3) is 0 Å². The van der Waals surface area contributed by atoms with Crippen LogP contribution in [0.15, 0.2) is 24.3 Å². The third kappa shape index (κ3) is 1.07. The molecule has 0 amide bonds. The topological polar surface area (TPSA) is 49.9 Å². The molecule has 1 unspecified atom stereocenters. The van der Waals surface area contributed by atoms with Crippen molar-refractivity contribution < 1.29 is 4.39 Å². The fourth-order valence-electron chi connectivity index (χ4n) is 0.794. The minimum Gasteiger partial charge on any atom is -0.385 e. The maximum Gasteiger partial charge on any atom is 0.188 e. The van der Waals surface area contributed by atoms with Gasteiger partial charge in [-0.05, 0) is 6.08 Å². The highest BCUT2D eigenvalue weighted by atomic mass is 19.1. The maximum atomic E-state index is 13.2. The Balaban J connectivity index is 2.80. The first-order valence-electron chi connectivity index (χ1n) is 3.03. The lowest BCUT2D eigenvalue weighted by atomic mass is 9.96. The molecule has 0 aromatic rings. The van der Waals surface area contributed by atoms with Crippen LogP contribution < -0.4 is 5.73 Å². The van der Waals surface area contributed by atoms with Crippen molar-refractivity contribution in [1.29, 1.82) is 5.41 Å². The zero-order chi connectivity index (χ0) is 7.61. The quantitative estimate of drug-likeness (QED) is 0.416. The van der Waals surface area contributed by atoms with Gasteiger partial charge in [0, 0.05) is 6.42 Å². The number of allylic oxidation sites excluding steroid dienone is 3. The van der Waals surface area contributed by atoms with Gasteiger partial charge < -0.3 is 5.73 Å². The second-order valence-electron chi connectivity index (χ2n) is 2.27. The molecule has 1 rings (SSSR count). The zero-order valence-electron chi connectivity index (χ0n) is 5.47. The molecule has 0 bridgehead atoms. The number of hydrogen-bond acceptors (Lipinski definition) is 1. The Labute approximate surface area is 58.7 Å². The smallest absolute Gasteiger partial charge is 0.188 e. The van der Waals surface area contributed by atoms with Crippen molar-refractivity contribution in [3.8, 4) is 0 Å². The Bertz CT molecular complexity index is 208. The number of nitrogens with one attached hydrogen (secondary N) is 1. The van der Waals surface area contributed by atoms with Crippen molar-refractivity contribution >= 4 is 5.84 Å². The molecule has 2 nitrogen and oxygen atoms in total. The van der Waals surface area contributed by atoms with Gasteiger partial charge >= 0.3 is 0 Å². The Kier molecular flexibility index (Phi) is 1.57. The van der Waals surface area contributed by atoms with Crippen molar-refractivity contribution in [2.24, 2.45) is 5.73 Å². The van der Waals surface area contributed by atoms with Crippen LogP contribution in [0, 0.1) is 5.41 Å². The Morgan fingerprint density at radius 1 is 1.60 bits per heavy atom. The highest BCUT2D eigenvalue weighted by molar-refractivity contribution is 5.88. The molecule has 1 aliphatic carbocycles. The summed E-state index contributed by atoms with van der Waals surface area (Å²) in [7, 11) is 0. The summed E-state index contributed by atoms with van der Waals surface area (Å²) >= 11 is 0. The van der Waals surface area contributed by atoms with Crippen molar-refractivity contribution in [2.45, 2.75) is 12.1 Å². The number of rotatable bonds is 1. The molecule has 0 radical (unpaired) electrons. The van der Waals surface area contributed by atoms with Gasteiger partial charge in [0.15, 0.2) is 5.67 Å². The molecule has 0 saturated heterocycles. The summed E-state index contributed by atoms with van der Waals surface area (Å²) in [6.07, 6.45) is 6.43. The molecule has 10 heavy (non-hydrogen) atoms. The molecule has 0 saturated carbocycles. The molecule has 0 spiro atoms. The first-order chi connectivity index (χ1) is 4.65. The fraction of sp³-hybridized carbons (Fsp3) is 0.286. The maximum absolute atomic E-state index is 13.2. The van der Waals surface area contributed by atoms with Gasteiger partial charge in [0.1, 0.15) is 5.84 Å². The van der Waals surface area contributed by atoms with Crippen molar-refractivity contribution in [3.63, 3.8) is 0 Å². The first kappa shape index (κ1) is 6.99. The lowest BCUT2D eigenvalue weighted by molar-refractivity contribution is 0.322. The summed E-state index contributed by atoms with van der Waals surface area (Å²) in [6.45, 7) is 0. The third-order valence-electron chi connectivity index (χ3n) is 1.47. The van der Waals surface area contributed by atoms with Crippen LogP contribution in [0.2, 0.25) is 0 Å². The summed E-state index contributed by atoms with van der Waals surface area (Å²) < 4.78 is 13.2. The molecule has 0 heterocycles. The number of hydrogen-bond donors (Lipinski definition) is 2. The van der Waals surface area contributed by atoms with Crippen molar-refractivity contribution in [1.82, 2.24) is 0 Å². The van der Waals surface area contributed by atoms with Gasteiger partial charge in [0.25, 0.3) is 0 Å². The van der Waals surface area contributed by atoms with Crippen LogP contribution in [-0.4, -0.2) is 11.5 Å². The summed E-state index contributed by atoms with van der Waals surface area (Å²) in [4.78, 5) is 0. The van der Waals surface area contributed by atoms with Crippen molar-refractivity contribution in [3.05, 3.63) is 24.3 Å². The van der Waals surface area contributed by atoms with Crippen LogP contribution in [0.4, 0.5) is 4.39 Å². The second-order valence-corrected chi connectivity index (χ2v) is 2.27. The zero-order valence-corrected chi connectivity index (χ0v) is 5.47. The summed E-state index contributed by atoms with van der Waals surface area (Å²) in [5.74, 6) is -0.423. The molecule has 3 N–H and O–H groups in total. The lowest BCUT2D eigenvalue weighted by Gasteiger charge is -2.19. The molecule has 0 fully saturated rings. The largest absolute Gasteiger partial charge is 0.385 e. The highest BCUT2D eigenvalue weighted by Crippen LogP contribution is 2.21. The average Bonchev–Trinajstić information content (AvgIpc) is 1.89. The van der Waals surface area contributed by atoms with Crippen LogP contribution in [0.3, 0.4) is 0 Å². The van der Waals surface area contributed by atoms with Gasteiger partial charge in [-0.2, -0.15) is 0 Å². The summed E-state index contributed by atoms with van der Waals surface area (Å²) in [6, 6.07) is 0. The van der Waals surface area contributed by atoms with E-state index in [4.69, 9.17) is 11.1 Å². The van der Waals surface area contributed by atoms with Crippen LogP contribution in [-0.2, 0) is 0 Å². The molecule has 0 aromatic carbocycles. The predicted octanol–water partition coefficient (Wildman–Crippen LogP) is 1.15. The van der Waals surface area contributed by atoms with Crippen LogP contribution in [0.5, 0.6) is 0 Å². The standard InChI is InChI=1S/C7H9FN2/c8-7(6(9)10)4-2-1-3-5-7/h1-4H,5H2,(H3,9,10). The molecule has 0 aromatic heterocycles. The number of halogens is 1. The van der Waals surface area contributed by atoms with Gasteiger partial charge in [-0.3, -0.25) is 5.41 Å². The monoisotopic (exact) mass is 140 g/mol. The van der Waals surface area contributed by atoms with Crippen LogP contribution in [0.1, 0.15) is 6.42 Å². The van der Waals surface area contributed by atoms with E-state index < -0.39 is 11.5 Å². The third-order valence-corrected chi connectivity index (χ3v) is 1.47. The first-order valence-corrected chi connectivity index (χ1v) is 3.03. The van der Waals surface area contributed by atoms with Gasteiger partial charge in [-0.15, -0.1) is 0 Å². The highest BCUT2D eigenvalue weighted by Gasteiger charge is 2.29.